The van der Waals surface area contributed by atoms with Crippen LogP contribution in [0.2, 0.25) is 0 Å². The largest absolute Gasteiger partial charge is 0.485 e. The van der Waals surface area contributed by atoms with E-state index in [1.807, 2.05) is 31.2 Å². The summed E-state index contributed by atoms with van der Waals surface area (Å²) < 4.78 is 12.4. The van der Waals surface area contributed by atoms with Crippen molar-refractivity contribution in [2.75, 3.05) is 25.1 Å². The van der Waals surface area contributed by atoms with E-state index in [0.29, 0.717) is 18.1 Å². The second-order valence-corrected chi connectivity index (χ2v) is 6.89. The number of hydrogen-bond acceptors (Lipinski definition) is 5. The molecule has 1 unspecified atom stereocenters. The lowest BCUT2D eigenvalue weighted by atomic mass is 9.70. The maximum Gasteiger partial charge on any atom is 0.219 e. The second-order valence-electron chi connectivity index (χ2n) is 6.89. The average Bonchev–Trinajstić information content (AvgIpc) is 2.97. The number of hydrogen-bond donors (Lipinski definition) is 1. The first-order valence-corrected chi connectivity index (χ1v) is 9.08. The third-order valence-electron chi connectivity index (χ3n) is 5.38. The van der Waals surface area contributed by atoms with Crippen LogP contribution in [0.3, 0.4) is 0 Å². The van der Waals surface area contributed by atoms with Crippen LogP contribution in [-0.4, -0.2) is 36.4 Å². The molecule has 1 N–H and O–H groups in total. The van der Waals surface area contributed by atoms with Gasteiger partial charge >= 0.3 is 0 Å². The molecule has 1 aromatic heterocycles. The number of nitrogens with zero attached hydrogens (tertiary/aromatic N) is 2. The highest BCUT2D eigenvalue weighted by Gasteiger charge is 2.51. The first-order chi connectivity index (χ1) is 12.7. The van der Waals surface area contributed by atoms with E-state index in [9.17, 15) is 5.11 Å². The van der Waals surface area contributed by atoms with Gasteiger partial charge in [0.05, 0.1) is 5.41 Å². The first-order valence-electron chi connectivity index (χ1n) is 9.08. The van der Waals surface area contributed by atoms with Gasteiger partial charge in [0, 0.05) is 50.1 Å². The Morgan fingerprint density at radius 1 is 1.38 bits per heavy atom. The molecule has 2 aliphatic heterocycles. The summed E-state index contributed by atoms with van der Waals surface area (Å²) in [7, 11) is 2.11. The molecule has 0 spiro atoms. The summed E-state index contributed by atoms with van der Waals surface area (Å²) in [6.07, 6.45) is 7.47. The molecule has 5 heteroatoms. The number of anilines is 1. The topological polar surface area (TPSA) is 54.8 Å². The normalized spacial score (nSPS) is 23.8. The maximum absolute atomic E-state index is 9.59. The molecule has 3 heterocycles. The molecule has 0 amide bonds. The van der Waals surface area contributed by atoms with Crippen LogP contribution in [0.25, 0.3) is 0 Å². The van der Waals surface area contributed by atoms with Crippen molar-refractivity contribution in [1.82, 2.24) is 4.98 Å². The van der Waals surface area contributed by atoms with Gasteiger partial charge in [0.25, 0.3) is 0 Å². The molecule has 5 nitrogen and oxygen atoms in total. The van der Waals surface area contributed by atoms with Crippen LogP contribution in [-0.2, 0) is 5.41 Å². The summed E-state index contributed by atoms with van der Waals surface area (Å²) in [5.74, 6) is 1.99. The molecular weight excluding hydrogens is 328 g/mol. The van der Waals surface area contributed by atoms with Gasteiger partial charge in [-0.05, 0) is 31.5 Å². The summed E-state index contributed by atoms with van der Waals surface area (Å²) in [5, 5.41) is 9.59. The molecule has 0 bridgehead atoms. The third-order valence-corrected chi connectivity index (χ3v) is 5.38. The fourth-order valence-electron chi connectivity index (χ4n) is 4.21. The predicted octanol–water partition coefficient (Wildman–Crippen LogP) is 3.67. The van der Waals surface area contributed by atoms with Gasteiger partial charge in [0.2, 0.25) is 5.88 Å². The fourth-order valence-corrected chi connectivity index (χ4v) is 4.21. The predicted molar refractivity (Wildman–Crippen MR) is 101 cm³/mol. The summed E-state index contributed by atoms with van der Waals surface area (Å²) in [6, 6.07) is 9.63. The highest BCUT2D eigenvalue weighted by Crippen LogP contribution is 2.57. The number of aliphatic hydroxyl groups is 1. The lowest BCUT2D eigenvalue weighted by Gasteiger charge is -2.40. The van der Waals surface area contributed by atoms with Gasteiger partial charge in [0.15, 0.2) is 11.5 Å². The van der Waals surface area contributed by atoms with E-state index in [1.165, 1.54) is 0 Å². The maximum atomic E-state index is 9.59. The zero-order valence-electron chi connectivity index (χ0n) is 15.2. The van der Waals surface area contributed by atoms with Gasteiger partial charge in [0.1, 0.15) is 6.10 Å². The Hall–Kier alpha value is -2.53. The molecule has 2 aliphatic rings. The van der Waals surface area contributed by atoms with Crippen molar-refractivity contribution in [3.8, 4) is 17.4 Å². The molecule has 0 radical (unpaired) electrons. The van der Waals surface area contributed by atoms with E-state index in [1.54, 1.807) is 6.20 Å². The zero-order valence-corrected chi connectivity index (χ0v) is 15.2. The van der Waals surface area contributed by atoms with Gasteiger partial charge < -0.3 is 19.5 Å². The molecule has 0 saturated carbocycles. The summed E-state index contributed by atoms with van der Waals surface area (Å²) in [4.78, 5) is 6.52. The third kappa shape index (κ3) is 2.54. The van der Waals surface area contributed by atoms with Crippen molar-refractivity contribution in [2.24, 2.45) is 0 Å². The number of allylic oxidation sites excluding steroid dienone is 1. The number of pyridine rings is 1. The molecule has 2 aromatic rings. The first kappa shape index (κ1) is 16.9. The molecule has 26 heavy (non-hydrogen) atoms. The van der Waals surface area contributed by atoms with Crippen molar-refractivity contribution in [3.63, 3.8) is 0 Å². The van der Waals surface area contributed by atoms with Crippen LogP contribution in [0, 0.1) is 0 Å². The van der Waals surface area contributed by atoms with E-state index in [2.05, 4.69) is 35.1 Å². The highest BCUT2D eigenvalue weighted by molar-refractivity contribution is 5.72. The SMILES string of the molecule is C/C=C\[C@@]12CCN(C)c3ccc(Oc4ccccn4)c(c31)OC2CCO. The smallest absolute Gasteiger partial charge is 0.219 e. The van der Waals surface area contributed by atoms with Crippen LogP contribution < -0.4 is 14.4 Å². The standard InChI is InChI=1S/C21H24N2O3/c1-3-10-21-11-13-23(2)15-7-8-16(25-18-6-4-5-12-22-18)20(19(15)21)26-17(21)9-14-24/h3-8,10,12,17,24H,9,11,13-14H2,1-2H3/b10-3-/t17?,21-/m0/s1. The highest BCUT2D eigenvalue weighted by atomic mass is 16.5. The minimum atomic E-state index is -0.224. The van der Waals surface area contributed by atoms with E-state index >= 15 is 0 Å². The summed E-state index contributed by atoms with van der Waals surface area (Å²) >= 11 is 0. The van der Waals surface area contributed by atoms with Gasteiger partial charge in [-0.1, -0.05) is 18.2 Å². The van der Waals surface area contributed by atoms with Crippen molar-refractivity contribution in [2.45, 2.75) is 31.3 Å². The van der Waals surface area contributed by atoms with Gasteiger partial charge in [-0.3, -0.25) is 0 Å². The van der Waals surface area contributed by atoms with Crippen LogP contribution in [0.15, 0.2) is 48.7 Å². The number of rotatable bonds is 5. The monoisotopic (exact) mass is 352 g/mol. The van der Waals surface area contributed by atoms with E-state index in [4.69, 9.17) is 9.47 Å². The van der Waals surface area contributed by atoms with Crippen LogP contribution >= 0.6 is 0 Å². The van der Waals surface area contributed by atoms with Gasteiger partial charge in [-0.25, -0.2) is 4.98 Å². The fraction of sp³-hybridized carbons (Fsp3) is 0.381. The van der Waals surface area contributed by atoms with E-state index in [-0.39, 0.29) is 18.1 Å². The molecule has 0 fully saturated rings. The number of ether oxygens (including phenoxy) is 2. The van der Waals surface area contributed by atoms with Crippen molar-refractivity contribution in [3.05, 3.63) is 54.2 Å². The van der Waals surface area contributed by atoms with Crippen molar-refractivity contribution >= 4 is 5.69 Å². The molecule has 4 rings (SSSR count). The minimum Gasteiger partial charge on any atom is -0.485 e. The Bertz CT molecular complexity index is 822. The molecule has 136 valence electrons. The lowest BCUT2D eigenvalue weighted by Crippen LogP contribution is -2.43. The second kappa shape index (κ2) is 6.65. The molecule has 0 saturated heterocycles. The van der Waals surface area contributed by atoms with Crippen LogP contribution in [0.5, 0.6) is 17.4 Å². The van der Waals surface area contributed by atoms with Crippen molar-refractivity contribution in [1.29, 1.82) is 0 Å². The number of benzene rings is 1. The van der Waals surface area contributed by atoms with E-state index < -0.39 is 0 Å². The molecule has 0 aliphatic carbocycles. The number of aliphatic hydroxyl groups excluding tert-OH is 1. The molecule has 2 atom stereocenters. The van der Waals surface area contributed by atoms with Gasteiger partial charge in [-0.15, -0.1) is 0 Å². The Morgan fingerprint density at radius 2 is 2.27 bits per heavy atom. The summed E-state index contributed by atoms with van der Waals surface area (Å²) in [6.45, 7) is 3.08. The molecule has 1 aromatic carbocycles. The Morgan fingerprint density at radius 3 is 3.00 bits per heavy atom. The number of aromatic nitrogens is 1. The Kier molecular flexibility index (Phi) is 4.32. The Labute approximate surface area is 153 Å². The summed E-state index contributed by atoms with van der Waals surface area (Å²) in [5.41, 5.74) is 2.10. The van der Waals surface area contributed by atoms with Crippen LogP contribution in [0.1, 0.15) is 25.3 Å². The Balaban J connectivity index is 1.85. The minimum absolute atomic E-state index is 0.0968. The van der Waals surface area contributed by atoms with Crippen LogP contribution in [0.4, 0.5) is 5.69 Å². The van der Waals surface area contributed by atoms with E-state index in [0.717, 1.165) is 30.0 Å². The zero-order chi connectivity index (χ0) is 18.1. The lowest BCUT2D eigenvalue weighted by molar-refractivity contribution is 0.123. The van der Waals surface area contributed by atoms with Crippen molar-refractivity contribution < 1.29 is 14.6 Å². The quantitative estimate of drug-likeness (QED) is 0.832. The average molecular weight is 352 g/mol. The molecular formula is C21H24N2O3. The van der Waals surface area contributed by atoms with Gasteiger partial charge in [-0.2, -0.15) is 0 Å².